The van der Waals surface area contributed by atoms with E-state index in [0.717, 1.165) is 5.56 Å². The van der Waals surface area contributed by atoms with Gasteiger partial charge in [-0.15, -0.1) is 0 Å². The van der Waals surface area contributed by atoms with Gasteiger partial charge in [-0.3, -0.25) is 14.4 Å². The maximum atomic E-state index is 12.0. The van der Waals surface area contributed by atoms with Gasteiger partial charge in [0.2, 0.25) is 0 Å². The van der Waals surface area contributed by atoms with Crippen molar-refractivity contribution in [2.75, 3.05) is 18.5 Å². The molecule has 0 atom stereocenters. The number of rotatable bonds is 8. The van der Waals surface area contributed by atoms with Crippen molar-refractivity contribution in [1.82, 2.24) is 5.32 Å². The predicted octanol–water partition coefficient (Wildman–Crippen LogP) is 3.70. The monoisotopic (exact) mass is 418 g/mol. The molecule has 0 radical (unpaired) electrons. The average molecular weight is 418 g/mol. The maximum Gasteiger partial charge on any atom is 0.325 e. The minimum atomic E-state index is -0.706. The molecular formula is C24H22N2O5. The molecule has 0 unspecified atom stereocenters. The molecule has 7 nitrogen and oxygen atoms in total. The van der Waals surface area contributed by atoms with E-state index < -0.39 is 18.5 Å². The second-order valence-electron chi connectivity index (χ2n) is 6.70. The lowest BCUT2D eigenvalue weighted by Gasteiger charge is -2.09. The summed E-state index contributed by atoms with van der Waals surface area (Å²) in [5, 5.41) is 5.09. The summed E-state index contributed by atoms with van der Waals surface area (Å²) < 4.78 is 10.6. The maximum absolute atomic E-state index is 12.0. The van der Waals surface area contributed by atoms with Crippen LogP contribution in [-0.4, -0.2) is 30.9 Å². The molecule has 3 aromatic rings. The molecule has 0 fully saturated rings. The van der Waals surface area contributed by atoms with Crippen molar-refractivity contribution >= 4 is 23.5 Å². The lowest BCUT2D eigenvalue weighted by Crippen LogP contribution is -2.32. The van der Waals surface area contributed by atoms with Gasteiger partial charge in [-0.05, 0) is 55.5 Å². The number of amides is 2. The van der Waals surface area contributed by atoms with Gasteiger partial charge in [-0.2, -0.15) is 0 Å². The molecule has 3 rings (SSSR count). The Morgan fingerprint density at radius 3 is 2.26 bits per heavy atom. The number of para-hydroxylation sites is 1. The highest BCUT2D eigenvalue weighted by Gasteiger charge is 2.11. The Hall–Kier alpha value is -4.13. The van der Waals surface area contributed by atoms with Gasteiger partial charge in [-0.1, -0.05) is 35.9 Å². The van der Waals surface area contributed by atoms with Gasteiger partial charge in [0.1, 0.15) is 18.0 Å². The van der Waals surface area contributed by atoms with Crippen LogP contribution in [0.1, 0.15) is 15.9 Å². The van der Waals surface area contributed by atoms with Crippen LogP contribution in [0, 0.1) is 6.92 Å². The number of carbonyl (C=O) groups is 3. The fourth-order valence-corrected chi connectivity index (χ4v) is 2.67. The van der Waals surface area contributed by atoms with Crippen molar-refractivity contribution in [2.24, 2.45) is 0 Å². The SMILES string of the molecule is Cc1cccc(C(=O)NCC(=O)OCC(=O)Nc2ccc(Oc3ccccc3)cc2)c1. The molecule has 31 heavy (non-hydrogen) atoms. The van der Waals surface area contributed by atoms with Gasteiger partial charge in [-0.25, -0.2) is 0 Å². The summed E-state index contributed by atoms with van der Waals surface area (Å²) in [6, 6.07) is 23.1. The summed E-state index contributed by atoms with van der Waals surface area (Å²) >= 11 is 0. The van der Waals surface area contributed by atoms with Crippen molar-refractivity contribution in [3.8, 4) is 11.5 Å². The second kappa shape index (κ2) is 10.6. The standard InChI is InChI=1S/C24H22N2O5/c1-17-6-5-7-18(14-17)24(29)25-15-23(28)30-16-22(27)26-19-10-12-21(13-11-19)31-20-8-3-2-4-9-20/h2-14H,15-16H2,1H3,(H,25,29)(H,26,27). The molecule has 0 aliphatic carbocycles. The van der Waals surface area contributed by atoms with Crippen molar-refractivity contribution in [3.05, 3.63) is 90.0 Å². The summed E-state index contributed by atoms with van der Waals surface area (Å²) in [7, 11) is 0. The van der Waals surface area contributed by atoms with Crippen LogP contribution in [0.25, 0.3) is 0 Å². The number of hydrogen-bond donors (Lipinski definition) is 2. The van der Waals surface area contributed by atoms with E-state index in [2.05, 4.69) is 10.6 Å². The van der Waals surface area contributed by atoms with Crippen LogP contribution >= 0.6 is 0 Å². The number of nitrogens with one attached hydrogen (secondary N) is 2. The van der Waals surface area contributed by atoms with Crippen LogP contribution in [0.3, 0.4) is 0 Å². The number of carbonyl (C=O) groups excluding carboxylic acids is 3. The zero-order chi connectivity index (χ0) is 22.1. The highest BCUT2D eigenvalue weighted by atomic mass is 16.5. The predicted molar refractivity (Wildman–Crippen MR) is 116 cm³/mol. The van der Waals surface area contributed by atoms with Crippen molar-refractivity contribution in [1.29, 1.82) is 0 Å². The highest BCUT2D eigenvalue weighted by Crippen LogP contribution is 2.22. The van der Waals surface area contributed by atoms with E-state index >= 15 is 0 Å². The Morgan fingerprint density at radius 1 is 0.839 bits per heavy atom. The molecule has 0 spiro atoms. The van der Waals surface area contributed by atoms with Crippen LogP contribution in [0.2, 0.25) is 0 Å². The first-order valence-electron chi connectivity index (χ1n) is 9.63. The fourth-order valence-electron chi connectivity index (χ4n) is 2.67. The van der Waals surface area contributed by atoms with Gasteiger partial charge in [0.25, 0.3) is 11.8 Å². The molecule has 7 heteroatoms. The van der Waals surface area contributed by atoms with E-state index in [1.165, 1.54) is 0 Å². The molecule has 3 aromatic carbocycles. The first kappa shape index (κ1) is 21.6. The number of esters is 1. The number of aryl methyl sites for hydroxylation is 1. The fraction of sp³-hybridized carbons (Fsp3) is 0.125. The quantitative estimate of drug-likeness (QED) is 0.544. The molecule has 2 N–H and O–H groups in total. The summed E-state index contributed by atoms with van der Waals surface area (Å²) in [4.78, 5) is 35.8. The molecule has 0 bridgehead atoms. The number of anilines is 1. The lowest BCUT2D eigenvalue weighted by molar-refractivity contribution is -0.146. The van der Waals surface area contributed by atoms with Crippen LogP contribution in [0.4, 0.5) is 5.69 Å². The number of ether oxygens (including phenoxy) is 2. The third-order valence-corrected chi connectivity index (χ3v) is 4.15. The number of hydrogen-bond acceptors (Lipinski definition) is 5. The first-order valence-corrected chi connectivity index (χ1v) is 9.63. The van der Waals surface area contributed by atoms with Crippen molar-refractivity contribution in [3.63, 3.8) is 0 Å². The zero-order valence-corrected chi connectivity index (χ0v) is 17.0. The minimum Gasteiger partial charge on any atom is -0.457 e. The third kappa shape index (κ3) is 7.01. The topological polar surface area (TPSA) is 93.7 Å². The van der Waals surface area contributed by atoms with E-state index in [1.54, 1.807) is 42.5 Å². The zero-order valence-electron chi connectivity index (χ0n) is 17.0. The van der Waals surface area contributed by atoms with Crippen LogP contribution in [0.5, 0.6) is 11.5 Å². The van der Waals surface area contributed by atoms with Gasteiger partial charge in [0.05, 0.1) is 0 Å². The van der Waals surface area contributed by atoms with Crippen LogP contribution in [0.15, 0.2) is 78.9 Å². The van der Waals surface area contributed by atoms with E-state index in [9.17, 15) is 14.4 Å². The minimum absolute atomic E-state index is 0.328. The van der Waals surface area contributed by atoms with Crippen molar-refractivity contribution < 1.29 is 23.9 Å². The normalized spacial score (nSPS) is 10.1. The summed E-state index contributed by atoms with van der Waals surface area (Å²) in [6.45, 7) is 1.08. The van der Waals surface area contributed by atoms with Gasteiger partial charge in [0.15, 0.2) is 6.61 Å². The molecule has 0 saturated heterocycles. The van der Waals surface area contributed by atoms with Gasteiger partial charge >= 0.3 is 5.97 Å². The Labute approximate surface area is 180 Å². The largest absolute Gasteiger partial charge is 0.457 e. The molecular weight excluding hydrogens is 396 g/mol. The molecule has 0 saturated carbocycles. The van der Waals surface area contributed by atoms with Crippen LogP contribution in [-0.2, 0) is 14.3 Å². The average Bonchev–Trinajstić information content (AvgIpc) is 2.78. The lowest BCUT2D eigenvalue weighted by atomic mass is 10.1. The third-order valence-electron chi connectivity index (χ3n) is 4.15. The Kier molecular flexibility index (Phi) is 7.37. The summed E-state index contributed by atoms with van der Waals surface area (Å²) in [6.07, 6.45) is 0. The molecule has 0 aliphatic rings. The van der Waals surface area contributed by atoms with Gasteiger partial charge in [0, 0.05) is 11.3 Å². The van der Waals surface area contributed by atoms with E-state index in [-0.39, 0.29) is 12.5 Å². The molecule has 158 valence electrons. The molecule has 0 aromatic heterocycles. The highest BCUT2D eigenvalue weighted by molar-refractivity contribution is 5.96. The van der Waals surface area contributed by atoms with E-state index in [1.807, 2.05) is 43.3 Å². The Balaban J connectivity index is 1.39. The van der Waals surface area contributed by atoms with E-state index in [4.69, 9.17) is 9.47 Å². The summed E-state index contributed by atoms with van der Waals surface area (Å²) in [5.74, 6) is -0.249. The van der Waals surface area contributed by atoms with Gasteiger partial charge < -0.3 is 20.1 Å². The molecule has 0 heterocycles. The van der Waals surface area contributed by atoms with Crippen molar-refractivity contribution in [2.45, 2.75) is 6.92 Å². The Morgan fingerprint density at radius 2 is 1.55 bits per heavy atom. The van der Waals surface area contributed by atoms with Crippen LogP contribution < -0.4 is 15.4 Å². The number of benzene rings is 3. The second-order valence-corrected chi connectivity index (χ2v) is 6.70. The Bertz CT molecular complexity index is 1050. The smallest absolute Gasteiger partial charge is 0.325 e. The van der Waals surface area contributed by atoms with E-state index in [0.29, 0.717) is 22.7 Å². The first-order chi connectivity index (χ1) is 15.0. The molecule has 0 aliphatic heterocycles. The summed E-state index contributed by atoms with van der Waals surface area (Å²) in [5.41, 5.74) is 1.92. The molecule has 2 amide bonds.